The van der Waals surface area contributed by atoms with Crippen molar-refractivity contribution in [1.82, 2.24) is 9.47 Å². The van der Waals surface area contributed by atoms with Crippen LogP contribution in [-0.2, 0) is 13.0 Å². The molecule has 0 atom stereocenters. The average molecular weight is 417 g/mol. The molecule has 2 aromatic carbocycles. The standard InChI is InChI=1S/C24H23N3O4/c28-22(20-14-18-3-1-2-17-10-13-27(21(17)18)23(20)29)25-19-6-4-15(5-7-19)16-8-11-26(12-9-16)24(30)31/h1-7,14,16H,8-13H2,(H,25,28)(H,30,31). The van der Waals surface area contributed by atoms with Crippen LogP contribution >= 0.6 is 0 Å². The molecule has 0 spiro atoms. The molecular weight excluding hydrogens is 394 g/mol. The SMILES string of the molecule is O=C(Nc1ccc(C2CCN(C(=O)O)CC2)cc1)c1cc2cccc3c2n(c1=O)CC3. The first-order valence-electron chi connectivity index (χ1n) is 10.6. The molecule has 1 saturated heterocycles. The molecule has 1 aromatic heterocycles. The van der Waals surface area contributed by atoms with Crippen molar-refractivity contribution in [1.29, 1.82) is 0 Å². The minimum Gasteiger partial charge on any atom is -0.465 e. The van der Waals surface area contributed by atoms with Gasteiger partial charge in [0.25, 0.3) is 11.5 Å². The van der Waals surface area contributed by atoms with Gasteiger partial charge in [-0.25, -0.2) is 4.79 Å². The predicted molar refractivity (Wildman–Crippen MR) is 118 cm³/mol. The molecule has 0 aliphatic carbocycles. The summed E-state index contributed by atoms with van der Waals surface area (Å²) in [5.74, 6) is -0.0979. The van der Waals surface area contributed by atoms with Crippen molar-refractivity contribution in [3.63, 3.8) is 0 Å². The molecule has 2 aliphatic heterocycles. The van der Waals surface area contributed by atoms with E-state index in [1.165, 1.54) is 4.90 Å². The Morgan fingerprint density at radius 2 is 1.74 bits per heavy atom. The molecule has 2 N–H and O–H groups in total. The van der Waals surface area contributed by atoms with Gasteiger partial charge in [-0.1, -0.05) is 30.3 Å². The van der Waals surface area contributed by atoms with Gasteiger partial charge in [-0.3, -0.25) is 9.59 Å². The van der Waals surface area contributed by atoms with E-state index in [0.29, 0.717) is 31.2 Å². The number of hydrogen-bond donors (Lipinski definition) is 2. The number of nitrogens with one attached hydrogen (secondary N) is 1. The van der Waals surface area contributed by atoms with Gasteiger partial charge in [0.05, 0.1) is 5.52 Å². The van der Waals surface area contributed by atoms with Crippen molar-refractivity contribution < 1.29 is 14.7 Å². The van der Waals surface area contributed by atoms with Gasteiger partial charge in [0.1, 0.15) is 5.56 Å². The number of carboxylic acid groups (broad SMARTS) is 1. The van der Waals surface area contributed by atoms with E-state index in [4.69, 9.17) is 5.11 Å². The molecule has 2 aliphatic rings. The number of hydrogen-bond acceptors (Lipinski definition) is 3. The lowest BCUT2D eigenvalue weighted by Crippen LogP contribution is -2.36. The second kappa shape index (κ2) is 7.58. The summed E-state index contributed by atoms with van der Waals surface area (Å²) in [6, 6.07) is 15.2. The zero-order valence-electron chi connectivity index (χ0n) is 17.0. The van der Waals surface area contributed by atoms with Crippen molar-refractivity contribution in [2.45, 2.75) is 31.7 Å². The highest BCUT2D eigenvalue weighted by Crippen LogP contribution is 2.29. The van der Waals surface area contributed by atoms with Gasteiger partial charge >= 0.3 is 6.09 Å². The maximum absolute atomic E-state index is 12.9. The molecule has 0 bridgehead atoms. The van der Waals surface area contributed by atoms with Gasteiger partial charge in [-0.05, 0) is 59.9 Å². The number of aromatic nitrogens is 1. The molecule has 0 saturated carbocycles. The van der Waals surface area contributed by atoms with Crippen LogP contribution < -0.4 is 10.9 Å². The number of anilines is 1. The van der Waals surface area contributed by atoms with Crippen molar-refractivity contribution >= 4 is 28.6 Å². The van der Waals surface area contributed by atoms with E-state index < -0.39 is 12.0 Å². The van der Waals surface area contributed by atoms with Crippen LogP contribution in [0.15, 0.2) is 53.3 Å². The van der Waals surface area contributed by atoms with E-state index in [9.17, 15) is 14.4 Å². The number of likely N-dealkylation sites (tertiary alicyclic amines) is 1. The van der Waals surface area contributed by atoms with E-state index in [1.54, 1.807) is 10.6 Å². The molecule has 158 valence electrons. The number of benzene rings is 2. The Kier molecular flexibility index (Phi) is 4.73. The topological polar surface area (TPSA) is 91.6 Å². The Bertz CT molecular complexity index is 1240. The maximum atomic E-state index is 12.9. The average Bonchev–Trinajstić information content (AvgIpc) is 3.22. The Morgan fingerprint density at radius 1 is 1.00 bits per heavy atom. The van der Waals surface area contributed by atoms with Gasteiger partial charge in [-0.15, -0.1) is 0 Å². The fourth-order valence-corrected chi connectivity index (χ4v) is 4.77. The molecule has 31 heavy (non-hydrogen) atoms. The number of para-hydroxylation sites is 1. The Hall–Kier alpha value is -3.61. The van der Waals surface area contributed by atoms with E-state index in [-0.39, 0.29) is 11.1 Å². The maximum Gasteiger partial charge on any atom is 0.407 e. The summed E-state index contributed by atoms with van der Waals surface area (Å²) in [6.07, 6.45) is 1.52. The van der Waals surface area contributed by atoms with Crippen molar-refractivity contribution in [2.24, 2.45) is 0 Å². The second-order valence-electron chi connectivity index (χ2n) is 8.24. The molecule has 3 aromatic rings. The number of nitrogens with zero attached hydrogens (tertiary/aromatic N) is 2. The minimum atomic E-state index is -0.865. The molecule has 2 amide bonds. The van der Waals surface area contributed by atoms with E-state index in [0.717, 1.165) is 41.3 Å². The number of carbonyl (C=O) groups excluding carboxylic acids is 1. The Balaban J connectivity index is 1.32. The number of aryl methyl sites for hydroxylation is 2. The molecular formula is C24H23N3O4. The predicted octanol–water partition coefficient (Wildman–Crippen LogP) is 3.67. The van der Waals surface area contributed by atoms with Crippen LogP contribution in [0, 0.1) is 0 Å². The molecule has 0 unspecified atom stereocenters. The lowest BCUT2D eigenvalue weighted by molar-refractivity contribution is 0.102. The van der Waals surface area contributed by atoms with Crippen LogP contribution in [-0.4, -0.2) is 39.7 Å². The van der Waals surface area contributed by atoms with E-state index >= 15 is 0 Å². The minimum absolute atomic E-state index is 0.150. The smallest absolute Gasteiger partial charge is 0.407 e. The number of amides is 2. The van der Waals surface area contributed by atoms with Crippen LogP contribution in [0.4, 0.5) is 10.5 Å². The largest absolute Gasteiger partial charge is 0.465 e. The van der Waals surface area contributed by atoms with Gasteiger partial charge in [0.15, 0.2) is 0 Å². The quantitative estimate of drug-likeness (QED) is 0.680. The Morgan fingerprint density at radius 3 is 2.45 bits per heavy atom. The molecule has 5 rings (SSSR count). The van der Waals surface area contributed by atoms with Gasteiger partial charge in [0.2, 0.25) is 0 Å². The first-order chi connectivity index (χ1) is 15.0. The molecule has 1 fully saturated rings. The second-order valence-corrected chi connectivity index (χ2v) is 8.24. The number of pyridine rings is 1. The first-order valence-corrected chi connectivity index (χ1v) is 10.6. The summed E-state index contributed by atoms with van der Waals surface area (Å²) >= 11 is 0. The van der Waals surface area contributed by atoms with Crippen LogP contribution in [0.5, 0.6) is 0 Å². The van der Waals surface area contributed by atoms with E-state index in [1.807, 2.05) is 42.5 Å². The third-order valence-electron chi connectivity index (χ3n) is 6.45. The monoisotopic (exact) mass is 417 g/mol. The lowest BCUT2D eigenvalue weighted by Gasteiger charge is -2.30. The highest BCUT2D eigenvalue weighted by atomic mass is 16.4. The third kappa shape index (κ3) is 3.46. The number of piperidine rings is 1. The summed E-state index contributed by atoms with van der Waals surface area (Å²) in [5.41, 5.74) is 3.74. The number of rotatable bonds is 3. The Labute approximate surface area is 178 Å². The summed E-state index contributed by atoms with van der Waals surface area (Å²) in [7, 11) is 0. The summed E-state index contributed by atoms with van der Waals surface area (Å²) in [6.45, 7) is 1.67. The fourth-order valence-electron chi connectivity index (χ4n) is 4.77. The van der Waals surface area contributed by atoms with Crippen LogP contribution in [0.3, 0.4) is 0 Å². The highest BCUT2D eigenvalue weighted by molar-refractivity contribution is 6.06. The molecule has 3 heterocycles. The lowest BCUT2D eigenvalue weighted by atomic mass is 9.89. The summed E-state index contributed by atoms with van der Waals surface area (Å²) < 4.78 is 1.70. The van der Waals surface area contributed by atoms with Gasteiger partial charge < -0.3 is 19.9 Å². The summed E-state index contributed by atoms with van der Waals surface area (Å²) in [4.78, 5) is 38.2. The zero-order chi connectivity index (χ0) is 21.5. The van der Waals surface area contributed by atoms with Crippen LogP contribution in [0.25, 0.3) is 10.9 Å². The zero-order valence-corrected chi connectivity index (χ0v) is 17.0. The summed E-state index contributed by atoms with van der Waals surface area (Å²) in [5, 5.41) is 12.8. The van der Waals surface area contributed by atoms with E-state index in [2.05, 4.69) is 5.32 Å². The van der Waals surface area contributed by atoms with Gasteiger partial charge in [0, 0.05) is 25.3 Å². The van der Waals surface area contributed by atoms with Crippen molar-refractivity contribution in [3.8, 4) is 0 Å². The molecule has 7 heteroatoms. The van der Waals surface area contributed by atoms with Crippen molar-refractivity contribution in [3.05, 3.63) is 75.6 Å². The van der Waals surface area contributed by atoms with Gasteiger partial charge in [-0.2, -0.15) is 0 Å². The molecule has 7 nitrogen and oxygen atoms in total. The van der Waals surface area contributed by atoms with Crippen LogP contribution in [0.2, 0.25) is 0 Å². The number of carbonyl (C=O) groups is 2. The van der Waals surface area contributed by atoms with Crippen molar-refractivity contribution in [2.75, 3.05) is 18.4 Å². The highest BCUT2D eigenvalue weighted by Gasteiger charge is 2.24. The molecule has 0 radical (unpaired) electrons. The normalized spacial score (nSPS) is 15.9. The van der Waals surface area contributed by atoms with Crippen LogP contribution in [0.1, 0.15) is 40.2 Å². The third-order valence-corrected chi connectivity index (χ3v) is 6.45. The first kappa shape index (κ1) is 19.4. The fraction of sp³-hybridized carbons (Fsp3) is 0.292.